The maximum Gasteiger partial charge on any atom is 0.238 e. The molecule has 0 unspecified atom stereocenters. The van der Waals surface area contributed by atoms with Gasteiger partial charge in [-0.25, -0.2) is 13.6 Å². The number of nitrogens with zero attached hydrogens (tertiary/aromatic N) is 3. The first-order chi connectivity index (χ1) is 15.8. The number of hydrogen-bond donors (Lipinski definition) is 2. The van der Waals surface area contributed by atoms with Crippen LogP contribution >= 0.6 is 11.8 Å². The number of anilines is 1. The normalized spacial score (nSPS) is 12.4. The molecule has 9 nitrogen and oxygen atoms in total. The van der Waals surface area contributed by atoms with Gasteiger partial charge in [0.25, 0.3) is 0 Å². The summed E-state index contributed by atoms with van der Waals surface area (Å²) in [7, 11) is -3.79. The summed E-state index contributed by atoms with van der Waals surface area (Å²) < 4.78 is 30.2. The Balaban J connectivity index is 1.53. The van der Waals surface area contributed by atoms with Crippen molar-refractivity contribution in [1.29, 1.82) is 0 Å². The molecule has 0 aliphatic rings. The first-order valence-corrected chi connectivity index (χ1v) is 12.4. The topological polar surface area (TPSA) is 133 Å². The predicted molar refractivity (Wildman–Crippen MR) is 125 cm³/mol. The minimum Gasteiger partial charge on any atom is -0.467 e. The molecule has 0 saturated carbocycles. The van der Waals surface area contributed by atoms with Gasteiger partial charge in [0, 0.05) is 11.3 Å². The van der Waals surface area contributed by atoms with Gasteiger partial charge >= 0.3 is 0 Å². The van der Waals surface area contributed by atoms with Crippen LogP contribution in [0.25, 0.3) is 11.4 Å². The van der Waals surface area contributed by atoms with Gasteiger partial charge in [-0.05, 0) is 43.3 Å². The highest BCUT2D eigenvalue weighted by Gasteiger charge is 2.22. The number of carbonyl (C=O) groups is 1. The largest absolute Gasteiger partial charge is 0.467 e. The van der Waals surface area contributed by atoms with Crippen molar-refractivity contribution in [3.63, 3.8) is 0 Å². The van der Waals surface area contributed by atoms with Crippen LogP contribution in [-0.2, 0) is 21.4 Å². The Labute approximate surface area is 195 Å². The summed E-state index contributed by atoms with van der Waals surface area (Å²) in [5, 5.41) is 16.6. The zero-order chi connectivity index (χ0) is 23.4. The molecule has 2 aromatic carbocycles. The van der Waals surface area contributed by atoms with E-state index in [9.17, 15) is 13.2 Å². The van der Waals surface area contributed by atoms with Crippen LogP contribution in [0.4, 0.5) is 5.69 Å². The van der Waals surface area contributed by atoms with E-state index >= 15 is 0 Å². The van der Waals surface area contributed by atoms with Crippen LogP contribution < -0.4 is 10.5 Å². The molecule has 0 fully saturated rings. The van der Waals surface area contributed by atoms with E-state index in [0.29, 0.717) is 23.2 Å². The molecule has 1 amide bonds. The molecule has 2 heterocycles. The number of benzene rings is 2. The van der Waals surface area contributed by atoms with Crippen molar-refractivity contribution in [1.82, 2.24) is 14.8 Å². The van der Waals surface area contributed by atoms with Crippen LogP contribution in [0.1, 0.15) is 12.7 Å². The third-order valence-electron chi connectivity index (χ3n) is 4.74. The van der Waals surface area contributed by atoms with E-state index in [0.717, 1.165) is 11.3 Å². The van der Waals surface area contributed by atoms with Crippen LogP contribution in [0, 0.1) is 0 Å². The summed E-state index contributed by atoms with van der Waals surface area (Å²) in [5.41, 5.74) is 1.36. The van der Waals surface area contributed by atoms with Crippen molar-refractivity contribution in [3.8, 4) is 11.4 Å². The van der Waals surface area contributed by atoms with Crippen molar-refractivity contribution in [3.05, 3.63) is 78.8 Å². The molecular weight excluding hydrogens is 462 g/mol. The highest BCUT2D eigenvalue weighted by Crippen LogP contribution is 2.28. The van der Waals surface area contributed by atoms with Gasteiger partial charge in [-0.2, -0.15) is 0 Å². The van der Waals surface area contributed by atoms with Gasteiger partial charge in [-0.3, -0.25) is 9.36 Å². The number of thioether (sulfide) groups is 1. The molecule has 0 saturated heterocycles. The monoisotopic (exact) mass is 483 g/mol. The van der Waals surface area contributed by atoms with Gasteiger partial charge in [0.2, 0.25) is 15.9 Å². The van der Waals surface area contributed by atoms with E-state index in [1.54, 1.807) is 13.2 Å². The quantitative estimate of drug-likeness (QED) is 0.367. The molecule has 170 valence electrons. The third kappa shape index (κ3) is 5.51. The minimum absolute atomic E-state index is 0.0256. The molecule has 0 bridgehead atoms. The minimum atomic E-state index is -3.79. The zero-order valence-electron chi connectivity index (χ0n) is 17.6. The second-order valence-corrected chi connectivity index (χ2v) is 10.0. The van der Waals surface area contributed by atoms with Gasteiger partial charge in [-0.15, -0.1) is 10.2 Å². The highest BCUT2D eigenvalue weighted by atomic mass is 32.2. The average Bonchev–Trinajstić information content (AvgIpc) is 3.45. The molecule has 3 N–H and O–H groups in total. The van der Waals surface area contributed by atoms with E-state index < -0.39 is 15.3 Å². The molecule has 33 heavy (non-hydrogen) atoms. The Bertz CT molecular complexity index is 1340. The number of nitrogens with two attached hydrogens (primary N) is 1. The Morgan fingerprint density at radius 2 is 1.82 bits per heavy atom. The summed E-state index contributed by atoms with van der Waals surface area (Å²) in [6, 6.07) is 19.0. The molecular formula is C22H21N5O4S2. The Kier molecular flexibility index (Phi) is 6.63. The second-order valence-electron chi connectivity index (χ2n) is 7.16. The summed E-state index contributed by atoms with van der Waals surface area (Å²) in [5.74, 6) is 1.14. The number of hydrogen-bond acceptors (Lipinski definition) is 7. The van der Waals surface area contributed by atoms with Crippen molar-refractivity contribution in [2.45, 2.75) is 28.8 Å². The molecule has 4 aromatic rings. The van der Waals surface area contributed by atoms with Gasteiger partial charge in [0.05, 0.1) is 23.0 Å². The fraction of sp³-hybridized carbons (Fsp3) is 0.136. The van der Waals surface area contributed by atoms with Crippen molar-refractivity contribution in [2.24, 2.45) is 5.14 Å². The lowest BCUT2D eigenvalue weighted by Crippen LogP contribution is -2.23. The second kappa shape index (κ2) is 9.61. The first kappa shape index (κ1) is 22.8. The summed E-state index contributed by atoms with van der Waals surface area (Å²) >= 11 is 1.26. The zero-order valence-corrected chi connectivity index (χ0v) is 19.2. The highest BCUT2D eigenvalue weighted by molar-refractivity contribution is 8.00. The molecule has 0 aliphatic carbocycles. The lowest BCUT2D eigenvalue weighted by molar-refractivity contribution is -0.115. The van der Waals surface area contributed by atoms with E-state index in [1.807, 2.05) is 47.0 Å². The van der Waals surface area contributed by atoms with Crippen LogP contribution in [0.3, 0.4) is 0 Å². The smallest absolute Gasteiger partial charge is 0.238 e. The van der Waals surface area contributed by atoms with Crippen molar-refractivity contribution < 1.29 is 17.6 Å². The number of sulfonamides is 1. The van der Waals surface area contributed by atoms with E-state index in [2.05, 4.69) is 15.5 Å². The lowest BCUT2D eigenvalue weighted by atomic mass is 10.2. The van der Waals surface area contributed by atoms with Gasteiger partial charge in [0.1, 0.15) is 5.76 Å². The Hall–Kier alpha value is -3.41. The molecule has 11 heteroatoms. The number of nitrogens with one attached hydrogen (secondary N) is 1. The number of amides is 1. The van der Waals surface area contributed by atoms with Gasteiger partial charge in [0.15, 0.2) is 11.0 Å². The van der Waals surface area contributed by atoms with Gasteiger partial charge < -0.3 is 9.73 Å². The molecule has 0 spiro atoms. The number of aromatic nitrogens is 3. The van der Waals surface area contributed by atoms with E-state index in [1.165, 1.54) is 36.0 Å². The SMILES string of the molecule is C[C@H](Sc1nnc(-c2ccccc2)n1Cc1ccco1)C(=O)Nc1ccc(S(N)(=O)=O)cc1. The average molecular weight is 484 g/mol. The maximum absolute atomic E-state index is 12.8. The van der Waals surface area contributed by atoms with E-state index in [4.69, 9.17) is 9.56 Å². The van der Waals surface area contributed by atoms with Crippen LogP contribution in [0.15, 0.2) is 87.5 Å². The summed E-state index contributed by atoms with van der Waals surface area (Å²) in [6.45, 7) is 2.17. The van der Waals surface area contributed by atoms with E-state index in [-0.39, 0.29) is 10.8 Å². The standard InChI is InChI=1S/C22H21N5O4S2/c1-15(21(28)24-17-9-11-19(12-10-17)33(23,29)30)32-22-26-25-20(16-6-3-2-4-7-16)27(22)14-18-8-5-13-31-18/h2-13,15H,14H2,1H3,(H,24,28)(H2,23,29,30)/t15-/m0/s1. The summed E-state index contributed by atoms with van der Waals surface area (Å²) in [6.07, 6.45) is 1.60. The van der Waals surface area contributed by atoms with Crippen LogP contribution in [0.5, 0.6) is 0 Å². The molecule has 0 radical (unpaired) electrons. The Morgan fingerprint density at radius 1 is 1.09 bits per heavy atom. The number of primary sulfonamides is 1. The van der Waals surface area contributed by atoms with Gasteiger partial charge in [-0.1, -0.05) is 42.1 Å². The predicted octanol–water partition coefficient (Wildman–Crippen LogP) is 3.35. The lowest BCUT2D eigenvalue weighted by Gasteiger charge is -2.13. The third-order valence-corrected chi connectivity index (χ3v) is 6.75. The number of rotatable bonds is 8. The number of carbonyl (C=O) groups excluding carboxylic acids is 1. The maximum atomic E-state index is 12.8. The van der Waals surface area contributed by atoms with Crippen molar-refractivity contribution >= 4 is 33.4 Å². The van der Waals surface area contributed by atoms with Crippen molar-refractivity contribution in [2.75, 3.05) is 5.32 Å². The summed E-state index contributed by atoms with van der Waals surface area (Å²) in [4.78, 5) is 12.7. The number of furan rings is 1. The van der Waals surface area contributed by atoms with Crippen LogP contribution in [0.2, 0.25) is 0 Å². The fourth-order valence-electron chi connectivity index (χ4n) is 3.06. The molecule has 1 atom stereocenters. The molecule has 0 aliphatic heterocycles. The fourth-order valence-corrected chi connectivity index (χ4v) is 4.42. The van der Waals surface area contributed by atoms with Crippen LogP contribution in [-0.4, -0.2) is 34.3 Å². The Morgan fingerprint density at radius 3 is 2.45 bits per heavy atom. The molecule has 4 rings (SSSR count). The first-order valence-electron chi connectivity index (χ1n) is 9.92. The molecule has 2 aromatic heterocycles.